The van der Waals surface area contributed by atoms with E-state index in [9.17, 15) is 9.90 Å². The normalized spacial score (nSPS) is 10.6. The van der Waals surface area contributed by atoms with Crippen LogP contribution in [-0.4, -0.2) is 16.6 Å². The summed E-state index contributed by atoms with van der Waals surface area (Å²) in [7, 11) is 0. The predicted octanol–water partition coefficient (Wildman–Crippen LogP) is 5.80. The number of carbonyl (C=O) groups excluding carboxylic acids is 1. The van der Waals surface area contributed by atoms with Gasteiger partial charge in [0.2, 0.25) is 0 Å². The van der Waals surface area contributed by atoms with E-state index in [1.807, 2.05) is 72.8 Å². The molecule has 0 saturated heterocycles. The molecule has 0 aliphatic carbocycles. The molecule has 0 fully saturated rings. The van der Waals surface area contributed by atoms with Crippen molar-refractivity contribution in [2.45, 2.75) is 18.2 Å². The fraction of sp³-hybridized carbons (Fsp3) is 0.136. The number of aromatic hydroxyl groups is 1. The van der Waals surface area contributed by atoms with E-state index in [4.69, 9.17) is 0 Å². The van der Waals surface area contributed by atoms with Gasteiger partial charge in [-0.05, 0) is 30.2 Å². The van der Waals surface area contributed by atoms with Gasteiger partial charge >= 0.3 is 0 Å². The molecule has 1 N–H and O–H groups in total. The van der Waals surface area contributed by atoms with Gasteiger partial charge < -0.3 is 5.11 Å². The van der Waals surface area contributed by atoms with Crippen LogP contribution in [0.15, 0.2) is 77.7 Å². The van der Waals surface area contributed by atoms with Gasteiger partial charge in [-0.1, -0.05) is 60.7 Å². The van der Waals surface area contributed by atoms with E-state index in [1.54, 1.807) is 18.7 Å². The molecule has 0 saturated carbocycles. The Morgan fingerprint density at radius 2 is 1.36 bits per heavy atom. The maximum Gasteiger partial charge on any atom is 0.131 e. The van der Waals surface area contributed by atoms with Crippen LogP contribution in [-0.2, 0) is 4.79 Å². The summed E-state index contributed by atoms with van der Waals surface area (Å²) in [4.78, 5) is 12.3. The van der Waals surface area contributed by atoms with E-state index in [1.165, 1.54) is 0 Å². The lowest BCUT2D eigenvalue weighted by Gasteiger charge is -2.13. The molecule has 3 rings (SSSR count). The molecule has 3 heteroatoms. The second-order valence-corrected chi connectivity index (χ2v) is 7.07. The lowest BCUT2D eigenvalue weighted by Crippen LogP contribution is -1.92. The third-order valence-electron chi connectivity index (χ3n) is 3.98. The maximum atomic E-state index is 11.2. The van der Waals surface area contributed by atoms with E-state index in [2.05, 4.69) is 0 Å². The minimum absolute atomic E-state index is 0.192. The average molecular weight is 348 g/mol. The summed E-state index contributed by atoms with van der Waals surface area (Å²) in [5.74, 6) is 1.22. The molecule has 3 aromatic carbocycles. The SMILES string of the molecule is CC(=O)CCSc1cc(-c2ccccc2)c(O)c(-c2ccccc2)c1. The van der Waals surface area contributed by atoms with Crippen LogP contribution in [0.3, 0.4) is 0 Å². The number of phenolic OH excluding ortho intramolecular Hbond substituents is 1. The van der Waals surface area contributed by atoms with Crippen molar-refractivity contribution >= 4 is 17.5 Å². The predicted molar refractivity (Wildman–Crippen MR) is 105 cm³/mol. The first-order valence-corrected chi connectivity index (χ1v) is 9.24. The quantitative estimate of drug-likeness (QED) is 0.572. The molecule has 0 aromatic heterocycles. The molecule has 0 atom stereocenters. The molecular weight excluding hydrogens is 328 g/mol. The molecule has 0 aliphatic heterocycles. The Kier molecular flexibility index (Phi) is 5.56. The largest absolute Gasteiger partial charge is 0.507 e. The van der Waals surface area contributed by atoms with Crippen LogP contribution < -0.4 is 0 Å². The first-order valence-electron chi connectivity index (χ1n) is 8.25. The number of hydrogen-bond donors (Lipinski definition) is 1. The minimum atomic E-state index is 0.192. The third kappa shape index (κ3) is 4.31. The summed E-state index contributed by atoms with van der Waals surface area (Å²) in [6.07, 6.45) is 0.548. The molecule has 0 spiro atoms. The van der Waals surface area contributed by atoms with Crippen molar-refractivity contribution in [1.82, 2.24) is 0 Å². The van der Waals surface area contributed by atoms with Crippen LogP contribution in [0.1, 0.15) is 13.3 Å². The van der Waals surface area contributed by atoms with Gasteiger partial charge in [0, 0.05) is 28.2 Å². The molecule has 0 bridgehead atoms. The second kappa shape index (κ2) is 8.04. The molecular formula is C22H20O2S. The monoisotopic (exact) mass is 348 g/mol. The summed E-state index contributed by atoms with van der Waals surface area (Å²) in [5, 5.41) is 10.9. The van der Waals surface area contributed by atoms with Gasteiger partial charge in [0.1, 0.15) is 11.5 Å². The fourth-order valence-electron chi connectivity index (χ4n) is 2.68. The molecule has 126 valence electrons. The summed E-state index contributed by atoms with van der Waals surface area (Å²) in [6, 6.07) is 23.8. The highest BCUT2D eigenvalue weighted by molar-refractivity contribution is 7.99. The number of benzene rings is 3. The van der Waals surface area contributed by atoms with Crippen LogP contribution in [0.2, 0.25) is 0 Å². The highest BCUT2D eigenvalue weighted by Crippen LogP contribution is 2.41. The molecule has 0 heterocycles. The van der Waals surface area contributed by atoms with E-state index in [0.29, 0.717) is 6.42 Å². The molecule has 2 nitrogen and oxygen atoms in total. The highest BCUT2D eigenvalue weighted by atomic mass is 32.2. The highest BCUT2D eigenvalue weighted by Gasteiger charge is 2.13. The Balaban J connectivity index is 2.06. The average Bonchev–Trinajstić information content (AvgIpc) is 2.64. The number of Topliss-reactive ketones (excluding diaryl/α,β-unsaturated/α-hetero) is 1. The van der Waals surface area contributed by atoms with Crippen molar-refractivity contribution in [1.29, 1.82) is 0 Å². The zero-order valence-electron chi connectivity index (χ0n) is 14.1. The van der Waals surface area contributed by atoms with Gasteiger partial charge in [-0.2, -0.15) is 0 Å². The Bertz CT molecular complexity index is 797. The Hall–Kier alpha value is -2.52. The number of ketones is 1. The Labute approximate surface area is 152 Å². The summed E-state index contributed by atoms with van der Waals surface area (Å²) in [6.45, 7) is 1.61. The first kappa shape index (κ1) is 17.3. The summed E-state index contributed by atoms with van der Waals surface area (Å²) < 4.78 is 0. The van der Waals surface area contributed by atoms with Crippen molar-refractivity contribution in [3.63, 3.8) is 0 Å². The summed E-state index contributed by atoms with van der Waals surface area (Å²) in [5.41, 5.74) is 3.58. The lowest BCUT2D eigenvalue weighted by molar-refractivity contribution is -0.116. The van der Waals surface area contributed by atoms with Crippen LogP contribution in [0, 0.1) is 0 Å². The van der Waals surface area contributed by atoms with Crippen LogP contribution in [0.25, 0.3) is 22.3 Å². The van der Waals surface area contributed by atoms with Gasteiger partial charge in [0.05, 0.1) is 0 Å². The Morgan fingerprint density at radius 1 is 0.880 bits per heavy atom. The molecule has 25 heavy (non-hydrogen) atoms. The molecule has 0 radical (unpaired) electrons. The second-order valence-electron chi connectivity index (χ2n) is 5.90. The first-order chi connectivity index (χ1) is 12.1. The zero-order valence-corrected chi connectivity index (χ0v) is 14.9. The topological polar surface area (TPSA) is 37.3 Å². The van der Waals surface area contributed by atoms with E-state index < -0.39 is 0 Å². The molecule has 0 aliphatic rings. The van der Waals surface area contributed by atoms with Gasteiger partial charge in [-0.25, -0.2) is 0 Å². The number of rotatable bonds is 6. The van der Waals surface area contributed by atoms with E-state index >= 15 is 0 Å². The van der Waals surface area contributed by atoms with Crippen LogP contribution in [0.4, 0.5) is 0 Å². The number of phenols is 1. The van der Waals surface area contributed by atoms with Crippen molar-refractivity contribution < 1.29 is 9.90 Å². The van der Waals surface area contributed by atoms with E-state index in [-0.39, 0.29) is 11.5 Å². The van der Waals surface area contributed by atoms with Crippen LogP contribution in [0.5, 0.6) is 5.75 Å². The smallest absolute Gasteiger partial charge is 0.131 e. The third-order valence-corrected chi connectivity index (χ3v) is 4.95. The van der Waals surface area contributed by atoms with Gasteiger partial charge in [0.25, 0.3) is 0 Å². The summed E-state index contributed by atoms with van der Waals surface area (Å²) >= 11 is 1.64. The maximum absolute atomic E-state index is 11.2. The van der Waals surface area contributed by atoms with E-state index in [0.717, 1.165) is 32.9 Å². The minimum Gasteiger partial charge on any atom is -0.507 e. The van der Waals surface area contributed by atoms with Gasteiger partial charge in [-0.3, -0.25) is 4.79 Å². The number of hydrogen-bond acceptors (Lipinski definition) is 3. The molecule has 3 aromatic rings. The standard InChI is InChI=1S/C22H20O2S/c1-16(23)12-13-25-19-14-20(17-8-4-2-5-9-17)22(24)21(15-19)18-10-6-3-7-11-18/h2-11,14-15,24H,12-13H2,1H3. The lowest BCUT2D eigenvalue weighted by atomic mass is 9.97. The van der Waals surface area contributed by atoms with Crippen molar-refractivity contribution in [2.75, 3.05) is 5.75 Å². The Morgan fingerprint density at radius 3 is 1.80 bits per heavy atom. The van der Waals surface area contributed by atoms with Crippen molar-refractivity contribution in [2.24, 2.45) is 0 Å². The molecule has 0 amide bonds. The fourth-order valence-corrected chi connectivity index (χ4v) is 3.71. The van der Waals surface area contributed by atoms with Crippen molar-refractivity contribution in [3.05, 3.63) is 72.8 Å². The molecule has 0 unspecified atom stereocenters. The number of thioether (sulfide) groups is 1. The van der Waals surface area contributed by atoms with Gasteiger partial charge in [0.15, 0.2) is 0 Å². The van der Waals surface area contributed by atoms with Gasteiger partial charge in [-0.15, -0.1) is 11.8 Å². The van der Waals surface area contributed by atoms with Crippen LogP contribution >= 0.6 is 11.8 Å². The number of carbonyl (C=O) groups is 1. The zero-order chi connectivity index (χ0) is 17.6. The van der Waals surface area contributed by atoms with Crippen molar-refractivity contribution in [3.8, 4) is 28.0 Å².